The average Bonchev–Trinajstić information content (AvgIpc) is 2.64. The lowest BCUT2D eigenvalue weighted by atomic mass is 10.1. The zero-order chi connectivity index (χ0) is 17.6. The van der Waals surface area contributed by atoms with Gasteiger partial charge < -0.3 is 19.9 Å². The summed E-state index contributed by atoms with van der Waals surface area (Å²) < 4.78 is 5.12. The van der Waals surface area contributed by atoms with Crippen molar-refractivity contribution in [3.05, 3.63) is 48.2 Å². The van der Waals surface area contributed by atoms with E-state index in [1.54, 1.807) is 7.11 Å². The van der Waals surface area contributed by atoms with E-state index in [1.165, 1.54) is 0 Å². The molecule has 0 spiro atoms. The van der Waals surface area contributed by atoms with Crippen LogP contribution in [0.25, 0.3) is 0 Å². The van der Waals surface area contributed by atoms with Crippen LogP contribution in [0, 0.1) is 0 Å². The Labute approximate surface area is 148 Å². The van der Waals surface area contributed by atoms with Gasteiger partial charge in [-0.1, -0.05) is 12.1 Å². The van der Waals surface area contributed by atoms with Gasteiger partial charge in [0.2, 0.25) is 5.91 Å². The van der Waals surface area contributed by atoms with Crippen LogP contribution in [0.4, 0.5) is 11.5 Å². The Bertz CT molecular complexity index is 692. The molecule has 1 amide bonds. The Morgan fingerprint density at radius 3 is 2.44 bits per heavy atom. The van der Waals surface area contributed by atoms with E-state index in [4.69, 9.17) is 4.74 Å². The van der Waals surface area contributed by atoms with E-state index < -0.39 is 0 Å². The highest BCUT2D eigenvalue weighted by Crippen LogP contribution is 2.17. The van der Waals surface area contributed by atoms with E-state index >= 15 is 0 Å². The Balaban J connectivity index is 1.54. The van der Waals surface area contributed by atoms with Crippen LogP contribution in [0.2, 0.25) is 0 Å². The van der Waals surface area contributed by atoms with E-state index in [-0.39, 0.29) is 5.91 Å². The second-order valence-corrected chi connectivity index (χ2v) is 6.26. The molecular weight excluding hydrogens is 316 g/mol. The van der Waals surface area contributed by atoms with Crippen LogP contribution in [-0.2, 0) is 11.2 Å². The van der Waals surface area contributed by atoms with Crippen LogP contribution in [0.5, 0.6) is 5.75 Å². The molecule has 0 radical (unpaired) electrons. The first-order chi connectivity index (χ1) is 12.1. The SMILES string of the molecule is COc1ccc(CC(=O)Nc2ccc(N3CCN(C)CC3)cn2)cc1. The molecule has 1 aromatic heterocycles. The van der Waals surface area contributed by atoms with Gasteiger partial charge in [0.1, 0.15) is 11.6 Å². The number of nitrogens with zero attached hydrogens (tertiary/aromatic N) is 3. The smallest absolute Gasteiger partial charge is 0.229 e. The van der Waals surface area contributed by atoms with Crippen molar-refractivity contribution in [3.63, 3.8) is 0 Å². The molecule has 2 aromatic rings. The fourth-order valence-electron chi connectivity index (χ4n) is 2.83. The van der Waals surface area contributed by atoms with E-state index in [2.05, 4.69) is 27.1 Å². The van der Waals surface area contributed by atoms with Crippen LogP contribution in [0.15, 0.2) is 42.6 Å². The molecule has 1 N–H and O–H groups in total. The number of pyridine rings is 1. The van der Waals surface area contributed by atoms with Crippen molar-refractivity contribution >= 4 is 17.4 Å². The third-order valence-corrected chi connectivity index (χ3v) is 4.41. The van der Waals surface area contributed by atoms with Gasteiger partial charge in [-0.25, -0.2) is 4.98 Å². The van der Waals surface area contributed by atoms with Gasteiger partial charge in [-0.05, 0) is 36.9 Å². The molecule has 2 heterocycles. The molecule has 6 nitrogen and oxygen atoms in total. The number of hydrogen-bond acceptors (Lipinski definition) is 5. The molecule has 0 aliphatic carbocycles. The van der Waals surface area contributed by atoms with Gasteiger partial charge >= 0.3 is 0 Å². The number of benzene rings is 1. The zero-order valence-electron chi connectivity index (χ0n) is 14.7. The molecule has 132 valence electrons. The van der Waals surface area contributed by atoms with Crippen LogP contribution in [0.1, 0.15) is 5.56 Å². The summed E-state index contributed by atoms with van der Waals surface area (Å²) in [5.74, 6) is 1.28. The Morgan fingerprint density at radius 2 is 1.84 bits per heavy atom. The van der Waals surface area contributed by atoms with Crippen molar-refractivity contribution in [2.75, 3.05) is 50.6 Å². The number of likely N-dealkylation sites (N-methyl/N-ethyl adjacent to an activating group) is 1. The number of nitrogens with one attached hydrogen (secondary N) is 1. The fraction of sp³-hybridized carbons (Fsp3) is 0.368. The highest BCUT2D eigenvalue weighted by Gasteiger charge is 2.14. The van der Waals surface area contributed by atoms with Crippen LogP contribution < -0.4 is 15.0 Å². The number of carbonyl (C=O) groups excluding carboxylic acids is 1. The van der Waals surface area contributed by atoms with Gasteiger partial charge in [-0.3, -0.25) is 4.79 Å². The molecule has 0 atom stereocenters. The minimum Gasteiger partial charge on any atom is -0.497 e. The third kappa shape index (κ3) is 4.70. The molecule has 0 bridgehead atoms. The predicted molar refractivity (Wildman–Crippen MR) is 99.3 cm³/mol. The molecule has 0 saturated carbocycles. The first-order valence-corrected chi connectivity index (χ1v) is 8.46. The lowest BCUT2D eigenvalue weighted by Crippen LogP contribution is -2.44. The number of methoxy groups -OCH3 is 1. The maximum atomic E-state index is 12.2. The van der Waals surface area contributed by atoms with Gasteiger partial charge in [0.05, 0.1) is 25.4 Å². The largest absolute Gasteiger partial charge is 0.497 e. The van der Waals surface area contributed by atoms with Crippen molar-refractivity contribution in [3.8, 4) is 5.75 Å². The lowest BCUT2D eigenvalue weighted by Gasteiger charge is -2.33. The monoisotopic (exact) mass is 340 g/mol. The molecule has 1 fully saturated rings. The summed E-state index contributed by atoms with van der Waals surface area (Å²) in [6, 6.07) is 11.4. The van der Waals surface area contributed by atoms with E-state index in [0.29, 0.717) is 12.2 Å². The van der Waals surface area contributed by atoms with Crippen LogP contribution in [-0.4, -0.2) is 56.1 Å². The van der Waals surface area contributed by atoms with Crippen molar-refractivity contribution in [1.29, 1.82) is 0 Å². The van der Waals surface area contributed by atoms with E-state index in [9.17, 15) is 4.79 Å². The first-order valence-electron chi connectivity index (χ1n) is 8.46. The Hall–Kier alpha value is -2.60. The minimum absolute atomic E-state index is 0.0787. The third-order valence-electron chi connectivity index (χ3n) is 4.41. The van der Waals surface area contributed by atoms with Crippen molar-refractivity contribution in [1.82, 2.24) is 9.88 Å². The molecule has 3 rings (SSSR count). The molecule has 6 heteroatoms. The van der Waals surface area contributed by atoms with Gasteiger partial charge in [-0.2, -0.15) is 0 Å². The van der Waals surface area contributed by atoms with Gasteiger partial charge in [0.15, 0.2) is 0 Å². The molecule has 1 saturated heterocycles. The molecule has 1 aliphatic rings. The summed E-state index contributed by atoms with van der Waals surface area (Å²) in [4.78, 5) is 21.2. The number of carbonyl (C=O) groups is 1. The number of hydrogen-bond donors (Lipinski definition) is 1. The van der Waals surface area contributed by atoms with Gasteiger partial charge in [-0.15, -0.1) is 0 Å². The number of amides is 1. The molecule has 25 heavy (non-hydrogen) atoms. The molecule has 1 aliphatic heterocycles. The number of ether oxygens (including phenoxy) is 1. The Morgan fingerprint density at radius 1 is 1.12 bits per heavy atom. The lowest BCUT2D eigenvalue weighted by molar-refractivity contribution is -0.115. The average molecular weight is 340 g/mol. The summed E-state index contributed by atoms with van der Waals surface area (Å²) >= 11 is 0. The summed E-state index contributed by atoms with van der Waals surface area (Å²) in [6.07, 6.45) is 2.14. The molecule has 0 unspecified atom stereocenters. The zero-order valence-corrected chi connectivity index (χ0v) is 14.7. The van der Waals surface area contributed by atoms with Gasteiger partial charge in [0.25, 0.3) is 0 Å². The minimum atomic E-state index is -0.0787. The van der Waals surface area contributed by atoms with E-state index in [1.807, 2.05) is 42.6 Å². The van der Waals surface area contributed by atoms with Crippen molar-refractivity contribution in [2.45, 2.75) is 6.42 Å². The maximum Gasteiger partial charge on any atom is 0.229 e. The van der Waals surface area contributed by atoms with Gasteiger partial charge in [0, 0.05) is 26.2 Å². The van der Waals surface area contributed by atoms with Crippen molar-refractivity contribution in [2.24, 2.45) is 0 Å². The number of aromatic nitrogens is 1. The van der Waals surface area contributed by atoms with Crippen LogP contribution in [0.3, 0.4) is 0 Å². The molecule has 1 aromatic carbocycles. The second-order valence-electron chi connectivity index (χ2n) is 6.26. The summed E-state index contributed by atoms with van der Waals surface area (Å²) in [5.41, 5.74) is 2.04. The normalized spacial score (nSPS) is 15.0. The highest BCUT2D eigenvalue weighted by atomic mass is 16.5. The topological polar surface area (TPSA) is 57.7 Å². The number of piperazine rings is 1. The predicted octanol–water partition coefficient (Wildman–Crippen LogP) is 2.02. The molecular formula is C19H24N4O2. The number of anilines is 2. The number of rotatable bonds is 5. The van der Waals surface area contributed by atoms with Crippen LogP contribution >= 0.6 is 0 Å². The maximum absolute atomic E-state index is 12.2. The van der Waals surface area contributed by atoms with E-state index in [0.717, 1.165) is 43.2 Å². The first kappa shape index (κ1) is 17.2. The fourth-order valence-corrected chi connectivity index (χ4v) is 2.83. The summed E-state index contributed by atoms with van der Waals surface area (Å²) in [5, 5.41) is 2.85. The quantitative estimate of drug-likeness (QED) is 0.902. The standard InChI is InChI=1S/C19H24N4O2/c1-22-9-11-23(12-10-22)16-5-8-18(20-14-16)21-19(24)13-15-3-6-17(25-2)7-4-15/h3-8,14H,9-13H2,1-2H3,(H,20,21,24). The Kier molecular flexibility index (Phi) is 5.50. The second kappa shape index (κ2) is 7.98. The highest BCUT2D eigenvalue weighted by molar-refractivity contribution is 5.91. The summed E-state index contributed by atoms with van der Waals surface area (Å²) in [7, 11) is 3.76. The van der Waals surface area contributed by atoms with Crippen molar-refractivity contribution < 1.29 is 9.53 Å². The summed E-state index contributed by atoms with van der Waals surface area (Å²) in [6.45, 7) is 4.11.